The van der Waals surface area contributed by atoms with Crippen molar-refractivity contribution in [3.8, 4) is 17.2 Å². The first-order valence-electron chi connectivity index (χ1n) is 7.60. The Labute approximate surface area is 150 Å². The van der Waals surface area contributed by atoms with Gasteiger partial charge < -0.3 is 19.9 Å². The van der Waals surface area contributed by atoms with Crippen LogP contribution in [0.15, 0.2) is 47.6 Å². The molecule has 0 radical (unpaired) electrons. The van der Waals surface area contributed by atoms with Crippen molar-refractivity contribution in [3.05, 3.63) is 53.6 Å². The highest BCUT2D eigenvalue weighted by Crippen LogP contribution is 2.27. The number of carbonyl (C=O) groups excluding carboxylic acids is 2. The van der Waals surface area contributed by atoms with E-state index in [1.165, 1.54) is 20.4 Å². The minimum Gasteiger partial charge on any atom is -0.493 e. The lowest BCUT2D eigenvalue weighted by molar-refractivity contribution is -0.119. The molecule has 0 aliphatic heterocycles. The number of ether oxygens (including phenoxy) is 3. The summed E-state index contributed by atoms with van der Waals surface area (Å²) in [6.07, 6.45) is 1.45. The van der Waals surface area contributed by atoms with Gasteiger partial charge in [0.25, 0.3) is 11.8 Å². The van der Waals surface area contributed by atoms with Crippen molar-refractivity contribution in [2.75, 3.05) is 20.8 Å². The lowest BCUT2D eigenvalue weighted by atomic mass is 10.2. The van der Waals surface area contributed by atoms with Crippen molar-refractivity contribution in [1.29, 1.82) is 0 Å². The van der Waals surface area contributed by atoms with Crippen LogP contribution in [0.1, 0.15) is 15.9 Å². The number of methoxy groups -OCH3 is 2. The number of nitrogens with zero attached hydrogens (tertiary/aromatic N) is 1. The van der Waals surface area contributed by atoms with Gasteiger partial charge in [0, 0.05) is 5.56 Å². The molecule has 8 nitrogen and oxygen atoms in total. The lowest BCUT2D eigenvalue weighted by Crippen LogP contribution is -2.20. The van der Waals surface area contributed by atoms with E-state index >= 15 is 0 Å². The molecule has 2 aromatic rings. The number of rotatable bonds is 8. The summed E-state index contributed by atoms with van der Waals surface area (Å²) in [4.78, 5) is 22.9. The van der Waals surface area contributed by atoms with Crippen molar-refractivity contribution in [2.24, 2.45) is 10.8 Å². The maximum absolute atomic E-state index is 12.1. The number of nitrogens with two attached hydrogens (primary N) is 1. The highest BCUT2D eigenvalue weighted by atomic mass is 16.5. The van der Waals surface area contributed by atoms with Crippen molar-refractivity contribution in [2.45, 2.75) is 0 Å². The molecule has 3 N–H and O–H groups in total. The second kappa shape index (κ2) is 9.07. The van der Waals surface area contributed by atoms with Crippen molar-refractivity contribution >= 4 is 18.0 Å². The largest absolute Gasteiger partial charge is 0.493 e. The minimum absolute atomic E-state index is 0.212. The fourth-order valence-electron chi connectivity index (χ4n) is 2.05. The van der Waals surface area contributed by atoms with E-state index in [0.717, 1.165) is 0 Å². The number of hydrazone groups is 1. The highest BCUT2D eigenvalue weighted by molar-refractivity contribution is 5.95. The molecule has 8 heteroatoms. The predicted octanol–water partition coefficient (Wildman–Crippen LogP) is 1.33. The summed E-state index contributed by atoms with van der Waals surface area (Å²) in [6.45, 7) is -0.212. The van der Waals surface area contributed by atoms with Crippen molar-refractivity contribution < 1.29 is 23.8 Å². The van der Waals surface area contributed by atoms with Crippen LogP contribution in [0.3, 0.4) is 0 Å². The number of hydrogen-bond acceptors (Lipinski definition) is 6. The molecule has 0 spiro atoms. The second-order valence-corrected chi connectivity index (χ2v) is 5.10. The number of benzene rings is 2. The van der Waals surface area contributed by atoms with Gasteiger partial charge in [0.1, 0.15) is 5.75 Å². The number of nitrogens with one attached hydrogen (secondary N) is 1. The average Bonchev–Trinajstić information content (AvgIpc) is 2.66. The molecular weight excluding hydrogens is 338 g/mol. The smallest absolute Gasteiger partial charge is 0.271 e. The monoisotopic (exact) mass is 357 g/mol. The van der Waals surface area contributed by atoms with Gasteiger partial charge in [-0.25, -0.2) is 5.43 Å². The van der Waals surface area contributed by atoms with Crippen LogP contribution in [0.4, 0.5) is 0 Å². The zero-order valence-electron chi connectivity index (χ0n) is 14.4. The number of amides is 2. The Balaban J connectivity index is 2.00. The Kier molecular flexibility index (Phi) is 6.55. The third-order valence-electron chi connectivity index (χ3n) is 3.26. The molecular formula is C18H19N3O5. The Morgan fingerprint density at radius 3 is 2.58 bits per heavy atom. The second-order valence-electron chi connectivity index (χ2n) is 5.10. The van der Waals surface area contributed by atoms with Gasteiger partial charge in [-0.1, -0.05) is 12.1 Å². The van der Waals surface area contributed by atoms with E-state index in [1.54, 1.807) is 42.5 Å². The zero-order valence-corrected chi connectivity index (χ0v) is 14.4. The summed E-state index contributed by atoms with van der Waals surface area (Å²) in [5.41, 5.74) is 8.51. The van der Waals surface area contributed by atoms with Gasteiger partial charge in [0.15, 0.2) is 18.1 Å². The standard InChI is InChI=1S/C18H19N3O5/c1-24-15-7-6-13(9-16(15)25-2)18(23)21-20-10-12-4-3-5-14(8-12)26-11-17(19)22/h3-10H,11H2,1-2H3,(H2,19,22)(H,21,23)/b20-10+. The molecule has 0 atom stereocenters. The summed E-state index contributed by atoms with van der Waals surface area (Å²) in [7, 11) is 3.01. The van der Waals surface area contributed by atoms with Gasteiger partial charge in [-0.15, -0.1) is 0 Å². The van der Waals surface area contributed by atoms with Crippen LogP contribution in [-0.2, 0) is 4.79 Å². The summed E-state index contributed by atoms with van der Waals surface area (Å²) >= 11 is 0. The molecule has 0 saturated heterocycles. The predicted molar refractivity (Wildman–Crippen MR) is 95.7 cm³/mol. The van der Waals surface area contributed by atoms with Gasteiger partial charge in [0.05, 0.1) is 20.4 Å². The van der Waals surface area contributed by atoms with Crippen LogP contribution >= 0.6 is 0 Å². The quantitative estimate of drug-likeness (QED) is 0.547. The molecule has 0 aliphatic carbocycles. The van der Waals surface area contributed by atoms with Crippen LogP contribution in [0.5, 0.6) is 17.2 Å². The topological polar surface area (TPSA) is 112 Å². The fraction of sp³-hybridized carbons (Fsp3) is 0.167. The molecule has 2 amide bonds. The minimum atomic E-state index is -0.564. The van der Waals surface area contributed by atoms with Crippen LogP contribution < -0.4 is 25.4 Å². The van der Waals surface area contributed by atoms with Gasteiger partial charge in [-0.3, -0.25) is 9.59 Å². The highest BCUT2D eigenvalue weighted by Gasteiger charge is 2.10. The maximum atomic E-state index is 12.1. The molecule has 0 saturated carbocycles. The first-order valence-corrected chi connectivity index (χ1v) is 7.60. The Morgan fingerprint density at radius 1 is 1.12 bits per heavy atom. The zero-order chi connectivity index (χ0) is 18.9. The molecule has 0 fully saturated rings. The fourth-order valence-corrected chi connectivity index (χ4v) is 2.05. The van der Waals surface area contributed by atoms with E-state index in [4.69, 9.17) is 19.9 Å². The van der Waals surface area contributed by atoms with Gasteiger partial charge >= 0.3 is 0 Å². The third kappa shape index (κ3) is 5.23. The summed E-state index contributed by atoms with van der Waals surface area (Å²) < 4.78 is 15.5. The molecule has 2 rings (SSSR count). The SMILES string of the molecule is COc1ccc(C(=O)N/N=C/c2cccc(OCC(N)=O)c2)cc1OC. The first kappa shape index (κ1) is 18.8. The summed E-state index contributed by atoms with van der Waals surface area (Å²) in [6, 6.07) is 11.6. The Bertz CT molecular complexity index is 820. The number of hydrogen-bond donors (Lipinski definition) is 2. The molecule has 2 aromatic carbocycles. The number of primary amides is 1. The van der Waals surface area contributed by atoms with Gasteiger partial charge in [0.2, 0.25) is 0 Å². The first-order chi connectivity index (χ1) is 12.5. The average molecular weight is 357 g/mol. The van der Waals surface area contributed by atoms with Gasteiger partial charge in [-0.05, 0) is 35.9 Å². The maximum Gasteiger partial charge on any atom is 0.271 e. The molecule has 0 bridgehead atoms. The van der Waals surface area contributed by atoms with E-state index in [0.29, 0.717) is 28.4 Å². The van der Waals surface area contributed by atoms with Gasteiger partial charge in [-0.2, -0.15) is 5.10 Å². The van der Waals surface area contributed by atoms with Crippen LogP contribution in [0, 0.1) is 0 Å². The van der Waals surface area contributed by atoms with E-state index in [2.05, 4.69) is 10.5 Å². The van der Waals surface area contributed by atoms with E-state index in [1.807, 2.05) is 0 Å². The molecule has 0 unspecified atom stereocenters. The summed E-state index contributed by atoms with van der Waals surface area (Å²) in [5.74, 6) is 0.484. The molecule has 26 heavy (non-hydrogen) atoms. The molecule has 0 aliphatic rings. The van der Waals surface area contributed by atoms with Crippen LogP contribution in [-0.4, -0.2) is 38.9 Å². The normalized spacial score (nSPS) is 10.4. The van der Waals surface area contributed by atoms with E-state index in [9.17, 15) is 9.59 Å². The summed E-state index contributed by atoms with van der Waals surface area (Å²) in [5, 5.41) is 3.91. The molecule has 0 aromatic heterocycles. The Hall–Kier alpha value is -3.55. The molecule has 0 heterocycles. The van der Waals surface area contributed by atoms with E-state index < -0.39 is 11.8 Å². The Morgan fingerprint density at radius 2 is 1.88 bits per heavy atom. The van der Waals surface area contributed by atoms with Crippen LogP contribution in [0.2, 0.25) is 0 Å². The van der Waals surface area contributed by atoms with E-state index in [-0.39, 0.29) is 6.61 Å². The lowest BCUT2D eigenvalue weighted by Gasteiger charge is -2.08. The van der Waals surface area contributed by atoms with Crippen LogP contribution in [0.25, 0.3) is 0 Å². The molecule has 136 valence electrons. The third-order valence-corrected chi connectivity index (χ3v) is 3.26. The number of carbonyl (C=O) groups is 2. The van der Waals surface area contributed by atoms with Crippen molar-refractivity contribution in [3.63, 3.8) is 0 Å². The van der Waals surface area contributed by atoms with Crippen molar-refractivity contribution in [1.82, 2.24) is 5.43 Å².